The summed E-state index contributed by atoms with van der Waals surface area (Å²) in [7, 11) is 0. The first-order valence-corrected chi connectivity index (χ1v) is 10.7. The van der Waals surface area contributed by atoms with E-state index in [-0.39, 0.29) is 5.91 Å². The van der Waals surface area contributed by atoms with Crippen LogP contribution in [-0.2, 0) is 6.42 Å². The number of nitrogens with zero attached hydrogens (tertiary/aromatic N) is 3. The molecular weight excluding hydrogens is 346 g/mol. The molecule has 4 nitrogen and oxygen atoms in total. The van der Waals surface area contributed by atoms with E-state index in [4.69, 9.17) is 0 Å². The number of benzene rings is 1. The van der Waals surface area contributed by atoms with Gasteiger partial charge in [0.25, 0.3) is 5.91 Å². The molecule has 1 aromatic heterocycles. The van der Waals surface area contributed by atoms with Crippen molar-refractivity contribution in [3.8, 4) is 0 Å². The van der Waals surface area contributed by atoms with Gasteiger partial charge in [-0.2, -0.15) is 0 Å². The Labute approximate surface area is 168 Å². The van der Waals surface area contributed by atoms with E-state index < -0.39 is 0 Å². The molecule has 2 aliphatic rings. The number of carbonyl (C=O) groups is 1. The van der Waals surface area contributed by atoms with E-state index in [0.717, 1.165) is 49.7 Å². The van der Waals surface area contributed by atoms with Gasteiger partial charge < -0.3 is 9.80 Å². The summed E-state index contributed by atoms with van der Waals surface area (Å²) in [6.07, 6.45) is 6.59. The van der Waals surface area contributed by atoms with Crippen LogP contribution in [-0.4, -0.2) is 53.4 Å². The average molecular weight is 378 g/mol. The predicted octanol–water partition coefficient (Wildman–Crippen LogP) is 3.81. The highest BCUT2D eigenvalue weighted by Crippen LogP contribution is 2.32. The van der Waals surface area contributed by atoms with Gasteiger partial charge in [-0.1, -0.05) is 30.3 Å². The van der Waals surface area contributed by atoms with E-state index in [9.17, 15) is 4.79 Å². The number of rotatable bonds is 5. The normalized spacial score (nSPS) is 21.2. The summed E-state index contributed by atoms with van der Waals surface area (Å²) in [4.78, 5) is 21.8. The third kappa shape index (κ3) is 4.44. The van der Waals surface area contributed by atoms with Crippen LogP contribution in [0.5, 0.6) is 0 Å². The van der Waals surface area contributed by atoms with Crippen molar-refractivity contribution in [2.45, 2.75) is 32.6 Å². The zero-order valence-electron chi connectivity index (χ0n) is 16.9. The summed E-state index contributed by atoms with van der Waals surface area (Å²) in [5.41, 5.74) is 3.03. The first-order valence-electron chi connectivity index (χ1n) is 10.7. The van der Waals surface area contributed by atoms with Crippen molar-refractivity contribution in [2.24, 2.45) is 11.8 Å². The third-order valence-electron chi connectivity index (χ3n) is 6.61. The monoisotopic (exact) mass is 377 g/mol. The van der Waals surface area contributed by atoms with Crippen LogP contribution >= 0.6 is 0 Å². The van der Waals surface area contributed by atoms with Gasteiger partial charge in [0, 0.05) is 31.5 Å². The fourth-order valence-electron chi connectivity index (χ4n) is 4.82. The minimum atomic E-state index is 0.161. The van der Waals surface area contributed by atoms with Crippen molar-refractivity contribution >= 4 is 5.91 Å². The molecular formula is C24H31N3O. The number of amides is 1. The summed E-state index contributed by atoms with van der Waals surface area (Å²) in [5, 5.41) is 0. The van der Waals surface area contributed by atoms with E-state index in [1.807, 2.05) is 19.1 Å². The van der Waals surface area contributed by atoms with Crippen molar-refractivity contribution in [2.75, 3.05) is 32.7 Å². The van der Waals surface area contributed by atoms with Gasteiger partial charge in [0.05, 0.1) is 5.56 Å². The molecule has 0 bridgehead atoms. The van der Waals surface area contributed by atoms with Crippen molar-refractivity contribution < 1.29 is 4.79 Å². The SMILES string of the molecule is Cc1ncccc1C(=O)N1CCC(C2CCN(CCc3ccccc3)CC2)C1. The number of aromatic nitrogens is 1. The second kappa shape index (κ2) is 8.87. The Kier molecular flexibility index (Phi) is 6.06. The Balaban J connectivity index is 1.24. The van der Waals surface area contributed by atoms with E-state index >= 15 is 0 Å². The van der Waals surface area contributed by atoms with Gasteiger partial charge in [-0.25, -0.2) is 0 Å². The number of carbonyl (C=O) groups excluding carboxylic acids is 1. The molecule has 1 aromatic carbocycles. The molecule has 0 saturated carbocycles. The highest BCUT2D eigenvalue weighted by Gasteiger charge is 2.34. The van der Waals surface area contributed by atoms with Crippen LogP contribution in [0.25, 0.3) is 0 Å². The van der Waals surface area contributed by atoms with Crippen molar-refractivity contribution in [3.63, 3.8) is 0 Å². The Morgan fingerprint density at radius 3 is 2.50 bits per heavy atom. The van der Waals surface area contributed by atoms with Gasteiger partial charge in [-0.3, -0.25) is 9.78 Å². The molecule has 4 rings (SSSR count). The number of hydrogen-bond donors (Lipinski definition) is 0. The molecule has 0 N–H and O–H groups in total. The van der Waals surface area contributed by atoms with Gasteiger partial charge >= 0.3 is 0 Å². The van der Waals surface area contributed by atoms with Crippen LogP contribution in [0.3, 0.4) is 0 Å². The summed E-state index contributed by atoms with van der Waals surface area (Å²) >= 11 is 0. The molecule has 148 valence electrons. The molecule has 0 radical (unpaired) electrons. The van der Waals surface area contributed by atoms with Crippen LogP contribution < -0.4 is 0 Å². The number of piperidine rings is 1. The Bertz CT molecular complexity index is 783. The number of hydrogen-bond acceptors (Lipinski definition) is 3. The maximum atomic E-state index is 12.8. The first kappa shape index (κ1) is 19.1. The first-order chi connectivity index (χ1) is 13.7. The van der Waals surface area contributed by atoms with E-state index in [1.165, 1.54) is 31.5 Å². The van der Waals surface area contributed by atoms with Crippen LogP contribution in [0.15, 0.2) is 48.7 Å². The lowest BCUT2D eigenvalue weighted by atomic mass is 9.83. The smallest absolute Gasteiger partial charge is 0.255 e. The van der Waals surface area contributed by atoms with Crippen LogP contribution in [0.1, 0.15) is 40.9 Å². The summed E-state index contributed by atoms with van der Waals surface area (Å²) in [5.74, 6) is 1.59. The van der Waals surface area contributed by atoms with Crippen LogP contribution in [0.4, 0.5) is 0 Å². The van der Waals surface area contributed by atoms with E-state index in [2.05, 4.69) is 45.1 Å². The molecule has 2 fully saturated rings. The predicted molar refractivity (Wildman–Crippen MR) is 112 cm³/mol. The lowest BCUT2D eigenvalue weighted by molar-refractivity contribution is 0.0773. The molecule has 1 amide bonds. The van der Waals surface area contributed by atoms with Crippen molar-refractivity contribution in [1.82, 2.24) is 14.8 Å². The fourth-order valence-corrected chi connectivity index (χ4v) is 4.82. The lowest BCUT2D eigenvalue weighted by Crippen LogP contribution is -2.38. The van der Waals surface area contributed by atoms with Crippen molar-refractivity contribution in [1.29, 1.82) is 0 Å². The molecule has 2 aromatic rings. The average Bonchev–Trinajstić information content (AvgIpc) is 3.23. The zero-order chi connectivity index (χ0) is 19.3. The molecule has 3 heterocycles. The largest absolute Gasteiger partial charge is 0.338 e. The van der Waals surface area contributed by atoms with Gasteiger partial charge in [0.15, 0.2) is 0 Å². The molecule has 1 unspecified atom stereocenters. The quantitative estimate of drug-likeness (QED) is 0.795. The van der Waals surface area contributed by atoms with Gasteiger partial charge in [0.1, 0.15) is 0 Å². The number of likely N-dealkylation sites (tertiary alicyclic amines) is 2. The maximum Gasteiger partial charge on any atom is 0.255 e. The fraction of sp³-hybridized carbons (Fsp3) is 0.500. The standard InChI is InChI=1S/C24H31N3O/c1-19-23(8-5-13-25-19)24(28)27-17-12-22(18-27)21-10-15-26(16-11-21)14-9-20-6-3-2-4-7-20/h2-8,13,21-22H,9-12,14-18H2,1H3. The maximum absolute atomic E-state index is 12.8. The van der Waals surface area contributed by atoms with Crippen LogP contribution in [0.2, 0.25) is 0 Å². The topological polar surface area (TPSA) is 36.4 Å². The molecule has 4 heteroatoms. The molecule has 0 spiro atoms. The third-order valence-corrected chi connectivity index (χ3v) is 6.61. The van der Waals surface area contributed by atoms with E-state index in [1.54, 1.807) is 6.20 Å². The van der Waals surface area contributed by atoms with Crippen molar-refractivity contribution in [3.05, 3.63) is 65.5 Å². The molecule has 2 aliphatic heterocycles. The second-order valence-electron chi connectivity index (χ2n) is 8.35. The second-order valence-corrected chi connectivity index (χ2v) is 8.35. The molecule has 1 atom stereocenters. The van der Waals surface area contributed by atoms with Gasteiger partial charge in [0.2, 0.25) is 0 Å². The summed E-state index contributed by atoms with van der Waals surface area (Å²) in [6.45, 7) is 7.29. The minimum Gasteiger partial charge on any atom is -0.338 e. The Morgan fingerprint density at radius 1 is 1.00 bits per heavy atom. The highest BCUT2D eigenvalue weighted by atomic mass is 16.2. The molecule has 0 aliphatic carbocycles. The van der Waals surface area contributed by atoms with Gasteiger partial charge in [-0.05, 0) is 75.2 Å². The molecule has 28 heavy (non-hydrogen) atoms. The minimum absolute atomic E-state index is 0.161. The highest BCUT2D eigenvalue weighted by molar-refractivity contribution is 5.95. The van der Waals surface area contributed by atoms with Crippen LogP contribution in [0, 0.1) is 18.8 Å². The summed E-state index contributed by atoms with van der Waals surface area (Å²) in [6, 6.07) is 14.5. The van der Waals surface area contributed by atoms with Gasteiger partial charge in [-0.15, -0.1) is 0 Å². The lowest BCUT2D eigenvalue weighted by Gasteiger charge is -2.34. The molecule has 2 saturated heterocycles. The van der Waals surface area contributed by atoms with E-state index in [0.29, 0.717) is 5.92 Å². The Hall–Kier alpha value is -2.20. The number of pyridine rings is 1. The number of aryl methyl sites for hydroxylation is 1. The summed E-state index contributed by atoms with van der Waals surface area (Å²) < 4.78 is 0. The Morgan fingerprint density at radius 2 is 1.75 bits per heavy atom. The zero-order valence-corrected chi connectivity index (χ0v) is 16.9.